The first-order chi connectivity index (χ1) is 10.1. The van der Waals surface area contributed by atoms with Crippen molar-refractivity contribution in [2.75, 3.05) is 12.4 Å². The minimum absolute atomic E-state index is 0.250. The van der Waals surface area contributed by atoms with Gasteiger partial charge in [0.1, 0.15) is 11.5 Å². The number of amides is 1. The van der Waals surface area contributed by atoms with Crippen molar-refractivity contribution in [2.24, 2.45) is 0 Å². The summed E-state index contributed by atoms with van der Waals surface area (Å²) >= 11 is 5.87. The number of carbonyl (C=O) groups is 1. The number of methoxy groups -OCH3 is 1. The molecule has 5 heteroatoms. The lowest BCUT2D eigenvalue weighted by molar-refractivity contribution is -0.122. The van der Waals surface area contributed by atoms with Crippen LogP contribution in [0.5, 0.6) is 11.5 Å². The van der Waals surface area contributed by atoms with Gasteiger partial charge in [-0.25, -0.2) is 0 Å². The molecule has 0 saturated heterocycles. The number of hydrogen-bond acceptors (Lipinski definition) is 3. The Labute approximate surface area is 128 Å². The molecule has 0 aliphatic rings. The van der Waals surface area contributed by atoms with Crippen LogP contribution in [0.2, 0.25) is 5.02 Å². The number of anilines is 1. The Balaban J connectivity index is 1.99. The van der Waals surface area contributed by atoms with Crippen molar-refractivity contribution in [3.63, 3.8) is 0 Å². The van der Waals surface area contributed by atoms with Gasteiger partial charge >= 0.3 is 0 Å². The lowest BCUT2D eigenvalue weighted by Crippen LogP contribution is -2.30. The maximum Gasteiger partial charge on any atom is 0.265 e. The summed E-state index contributed by atoms with van der Waals surface area (Å²) < 4.78 is 10.7. The largest absolute Gasteiger partial charge is 0.497 e. The minimum Gasteiger partial charge on any atom is -0.497 e. The fraction of sp³-hybridized carbons (Fsp3) is 0.188. The first-order valence-electron chi connectivity index (χ1n) is 6.45. The molecule has 0 heterocycles. The van der Waals surface area contributed by atoms with Gasteiger partial charge in [-0.3, -0.25) is 4.79 Å². The normalized spacial score (nSPS) is 11.6. The second-order valence-electron chi connectivity index (χ2n) is 4.44. The number of rotatable bonds is 5. The summed E-state index contributed by atoms with van der Waals surface area (Å²) in [5, 5.41) is 3.32. The first-order valence-corrected chi connectivity index (χ1v) is 6.83. The molecule has 4 nitrogen and oxygen atoms in total. The maximum atomic E-state index is 12.1. The number of nitrogens with one attached hydrogen (secondary N) is 1. The van der Waals surface area contributed by atoms with Crippen molar-refractivity contribution in [1.82, 2.24) is 0 Å². The number of halogens is 1. The molecule has 1 amide bonds. The van der Waals surface area contributed by atoms with E-state index in [4.69, 9.17) is 21.1 Å². The highest BCUT2D eigenvalue weighted by Gasteiger charge is 2.15. The van der Waals surface area contributed by atoms with E-state index >= 15 is 0 Å². The monoisotopic (exact) mass is 305 g/mol. The van der Waals surface area contributed by atoms with E-state index in [0.29, 0.717) is 22.2 Å². The van der Waals surface area contributed by atoms with Gasteiger partial charge in [0, 0.05) is 16.8 Å². The summed E-state index contributed by atoms with van der Waals surface area (Å²) in [5.74, 6) is 0.998. The van der Waals surface area contributed by atoms with Crippen LogP contribution in [0, 0.1) is 0 Å². The molecule has 1 unspecified atom stereocenters. The summed E-state index contributed by atoms with van der Waals surface area (Å²) in [6.07, 6.45) is -0.643. The Kier molecular flexibility index (Phi) is 5.06. The van der Waals surface area contributed by atoms with Gasteiger partial charge < -0.3 is 14.8 Å². The average molecular weight is 306 g/mol. The summed E-state index contributed by atoms with van der Waals surface area (Å²) in [7, 11) is 1.58. The first kappa shape index (κ1) is 15.2. The molecular weight excluding hydrogens is 290 g/mol. The van der Waals surface area contributed by atoms with Crippen molar-refractivity contribution in [2.45, 2.75) is 13.0 Å². The second kappa shape index (κ2) is 6.99. The summed E-state index contributed by atoms with van der Waals surface area (Å²) in [6, 6.07) is 14.1. The van der Waals surface area contributed by atoms with Gasteiger partial charge in [-0.2, -0.15) is 0 Å². The van der Waals surface area contributed by atoms with Crippen LogP contribution in [0.3, 0.4) is 0 Å². The standard InChI is InChI=1S/C16H16ClNO3/c1-11(21-15-8-4-7-14(10-15)20-2)16(19)18-13-6-3-5-12(17)9-13/h3-11H,1-2H3,(H,18,19). The third-order valence-corrected chi connectivity index (χ3v) is 3.05. The van der Waals surface area contributed by atoms with E-state index in [2.05, 4.69) is 5.32 Å². The van der Waals surface area contributed by atoms with Crippen LogP contribution in [0.15, 0.2) is 48.5 Å². The molecule has 21 heavy (non-hydrogen) atoms. The Morgan fingerprint density at radius 3 is 2.57 bits per heavy atom. The van der Waals surface area contributed by atoms with Crippen molar-refractivity contribution in [3.8, 4) is 11.5 Å². The predicted octanol–water partition coefficient (Wildman–Crippen LogP) is 3.75. The molecule has 0 aromatic heterocycles. The van der Waals surface area contributed by atoms with Gasteiger partial charge in [0.25, 0.3) is 5.91 Å². The van der Waals surface area contributed by atoms with Gasteiger partial charge in [0.05, 0.1) is 7.11 Å². The molecule has 0 bridgehead atoms. The minimum atomic E-state index is -0.643. The van der Waals surface area contributed by atoms with Gasteiger partial charge in [0.15, 0.2) is 6.10 Å². The third-order valence-electron chi connectivity index (χ3n) is 2.82. The zero-order valence-corrected chi connectivity index (χ0v) is 12.6. The zero-order valence-electron chi connectivity index (χ0n) is 11.8. The lowest BCUT2D eigenvalue weighted by atomic mass is 10.3. The van der Waals surface area contributed by atoms with Crippen LogP contribution in [-0.2, 0) is 4.79 Å². The quantitative estimate of drug-likeness (QED) is 0.915. The molecule has 2 aromatic rings. The molecule has 0 aliphatic heterocycles. The zero-order chi connectivity index (χ0) is 15.2. The molecule has 0 radical (unpaired) electrons. The average Bonchev–Trinajstić information content (AvgIpc) is 2.47. The number of ether oxygens (including phenoxy) is 2. The van der Waals surface area contributed by atoms with Crippen LogP contribution < -0.4 is 14.8 Å². The van der Waals surface area contributed by atoms with E-state index < -0.39 is 6.10 Å². The molecule has 2 aromatic carbocycles. The van der Waals surface area contributed by atoms with E-state index in [0.717, 1.165) is 0 Å². The van der Waals surface area contributed by atoms with E-state index in [9.17, 15) is 4.79 Å². The number of benzene rings is 2. The van der Waals surface area contributed by atoms with Crippen LogP contribution in [0.1, 0.15) is 6.92 Å². The second-order valence-corrected chi connectivity index (χ2v) is 4.88. The Bertz CT molecular complexity index is 630. The molecule has 0 fully saturated rings. The molecule has 0 aliphatic carbocycles. The summed E-state index contributed by atoms with van der Waals surface area (Å²) in [5.41, 5.74) is 0.633. The highest BCUT2D eigenvalue weighted by molar-refractivity contribution is 6.30. The molecule has 2 rings (SSSR count). The predicted molar refractivity (Wildman–Crippen MR) is 83.2 cm³/mol. The number of carbonyl (C=O) groups excluding carboxylic acids is 1. The summed E-state index contributed by atoms with van der Waals surface area (Å²) in [6.45, 7) is 1.68. The third kappa shape index (κ3) is 4.39. The van der Waals surface area contributed by atoms with Gasteiger partial charge in [-0.05, 0) is 37.3 Å². The molecular formula is C16H16ClNO3. The molecule has 0 saturated carbocycles. The van der Waals surface area contributed by atoms with Gasteiger partial charge in [-0.15, -0.1) is 0 Å². The van der Waals surface area contributed by atoms with Crippen LogP contribution in [0.4, 0.5) is 5.69 Å². The van der Waals surface area contributed by atoms with Gasteiger partial charge in [0.2, 0.25) is 0 Å². The maximum absolute atomic E-state index is 12.1. The number of hydrogen-bond donors (Lipinski definition) is 1. The Morgan fingerprint density at radius 2 is 1.86 bits per heavy atom. The highest BCUT2D eigenvalue weighted by atomic mass is 35.5. The smallest absolute Gasteiger partial charge is 0.265 e. The van der Waals surface area contributed by atoms with Crippen molar-refractivity contribution in [1.29, 1.82) is 0 Å². The van der Waals surface area contributed by atoms with Crippen molar-refractivity contribution < 1.29 is 14.3 Å². The van der Waals surface area contributed by atoms with Crippen molar-refractivity contribution >= 4 is 23.2 Å². The summed E-state index contributed by atoms with van der Waals surface area (Å²) in [4.78, 5) is 12.1. The van der Waals surface area contributed by atoms with E-state index in [1.807, 2.05) is 6.07 Å². The molecule has 1 N–H and O–H groups in total. The topological polar surface area (TPSA) is 47.6 Å². The van der Waals surface area contributed by atoms with Crippen LogP contribution in [0.25, 0.3) is 0 Å². The lowest BCUT2D eigenvalue weighted by Gasteiger charge is -2.15. The van der Waals surface area contributed by atoms with Gasteiger partial charge in [-0.1, -0.05) is 23.7 Å². The highest BCUT2D eigenvalue weighted by Crippen LogP contribution is 2.20. The van der Waals surface area contributed by atoms with E-state index in [-0.39, 0.29) is 5.91 Å². The van der Waals surface area contributed by atoms with E-state index in [1.54, 1.807) is 56.5 Å². The fourth-order valence-electron chi connectivity index (χ4n) is 1.74. The van der Waals surface area contributed by atoms with Crippen LogP contribution >= 0.6 is 11.6 Å². The van der Waals surface area contributed by atoms with Crippen molar-refractivity contribution in [3.05, 3.63) is 53.6 Å². The molecule has 110 valence electrons. The molecule has 0 spiro atoms. The Hall–Kier alpha value is -2.20. The molecule has 1 atom stereocenters. The van der Waals surface area contributed by atoms with Crippen LogP contribution in [-0.4, -0.2) is 19.1 Å². The fourth-order valence-corrected chi connectivity index (χ4v) is 1.93. The van der Waals surface area contributed by atoms with E-state index in [1.165, 1.54) is 0 Å². The Morgan fingerprint density at radius 1 is 1.14 bits per heavy atom. The SMILES string of the molecule is COc1cccc(OC(C)C(=O)Nc2cccc(Cl)c2)c1.